The third-order valence-electron chi connectivity index (χ3n) is 5.43. The minimum absolute atomic E-state index is 0.777. The summed E-state index contributed by atoms with van der Waals surface area (Å²) in [6, 6.07) is 16.8. The number of nitrogens with zero attached hydrogens (tertiary/aromatic N) is 4. The maximum atomic E-state index is 5.42. The highest BCUT2D eigenvalue weighted by Crippen LogP contribution is 2.28. The molecule has 2 aromatic carbocycles. The Hall–Kier alpha value is -2.83. The van der Waals surface area contributed by atoms with Crippen molar-refractivity contribution < 1.29 is 9.47 Å². The molecule has 1 aliphatic heterocycles. The van der Waals surface area contributed by atoms with Crippen molar-refractivity contribution in [1.29, 1.82) is 0 Å². The molecule has 0 spiro atoms. The first kappa shape index (κ1) is 19.5. The Morgan fingerprint density at radius 2 is 1.41 bits per heavy atom. The predicted molar refractivity (Wildman–Crippen MR) is 114 cm³/mol. The van der Waals surface area contributed by atoms with E-state index in [-0.39, 0.29) is 0 Å². The molecule has 1 fully saturated rings. The molecule has 2 heterocycles. The summed E-state index contributed by atoms with van der Waals surface area (Å²) in [5.41, 5.74) is 3.69. The minimum atomic E-state index is 0.777. The van der Waals surface area contributed by atoms with E-state index in [1.807, 2.05) is 23.0 Å². The van der Waals surface area contributed by atoms with Gasteiger partial charge in [0.2, 0.25) is 0 Å². The number of rotatable bonds is 7. The fourth-order valence-electron chi connectivity index (χ4n) is 3.78. The van der Waals surface area contributed by atoms with Crippen LogP contribution in [-0.2, 0) is 13.1 Å². The molecule has 0 bridgehead atoms. The van der Waals surface area contributed by atoms with Crippen LogP contribution in [0.5, 0.6) is 11.5 Å². The van der Waals surface area contributed by atoms with Gasteiger partial charge in [-0.3, -0.25) is 9.80 Å². The Kier molecular flexibility index (Phi) is 6.12. The number of piperazine rings is 1. The maximum Gasteiger partial charge on any atom is 0.161 e. The molecule has 0 aliphatic carbocycles. The fourth-order valence-corrected chi connectivity index (χ4v) is 3.78. The second-order valence-electron chi connectivity index (χ2n) is 7.36. The van der Waals surface area contributed by atoms with Crippen LogP contribution in [-0.4, -0.2) is 60.0 Å². The first-order valence-corrected chi connectivity index (χ1v) is 10.00. The van der Waals surface area contributed by atoms with Gasteiger partial charge in [0.1, 0.15) is 0 Å². The molecule has 0 saturated carbocycles. The van der Waals surface area contributed by atoms with Crippen molar-refractivity contribution >= 4 is 0 Å². The number of benzene rings is 2. The zero-order chi connectivity index (χ0) is 20.1. The second-order valence-corrected chi connectivity index (χ2v) is 7.36. The van der Waals surface area contributed by atoms with Crippen LogP contribution < -0.4 is 9.47 Å². The predicted octanol–water partition coefficient (Wildman–Crippen LogP) is 3.21. The van der Waals surface area contributed by atoms with E-state index in [1.54, 1.807) is 20.4 Å². The van der Waals surface area contributed by atoms with Crippen molar-refractivity contribution in [3.05, 3.63) is 72.1 Å². The summed E-state index contributed by atoms with van der Waals surface area (Å²) < 4.78 is 12.6. The standard InChI is InChI=1S/C23H28N4O2/c1-28-22-9-6-20(16-23(22)29-2)18-26-14-12-25(13-15-26)17-19-4-7-21(8-5-19)27-11-3-10-24-27/h3-11,16H,12-15,17-18H2,1-2H3. The van der Waals surface area contributed by atoms with Gasteiger partial charge in [0.15, 0.2) is 11.5 Å². The van der Waals surface area contributed by atoms with Gasteiger partial charge < -0.3 is 9.47 Å². The van der Waals surface area contributed by atoms with E-state index >= 15 is 0 Å². The number of hydrogen-bond acceptors (Lipinski definition) is 5. The van der Waals surface area contributed by atoms with Gasteiger partial charge in [-0.2, -0.15) is 5.10 Å². The largest absolute Gasteiger partial charge is 0.493 e. The quantitative estimate of drug-likeness (QED) is 0.618. The van der Waals surface area contributed by atoms with Crippen LogP contribution in [0.15, 0.2) is 60.9 Å². The van der Waals surface area contributed by atoms with E-state index < -0.39 is 0 Å². The summed E-state index contributed by atoms with van der Waals surface area (Å²) in [7, 11) is 3.35. The van der Waals surface area contributed by atoms with Gasteiger partial charge in [0.05, 0.1) is 19.9 Å². The van der Waals surface area contributed by atoms with E-state index in [2.05, 4.69) is 51.3 Å². The molecule has 1 saturated heterocycles. The van der Waals surface area contributed by atoms with Crippen molar-refractivity contribution in [2.45, 2.75) is 13.1 Å². The maximum absolute atomic E-state index is 5.42. The molecular formula is C23H28N4O2. The Bertz CT molecular complexity index is 901. The van der Waals surface area contributed by atoms with E-state index in [9.17, 15) is 0 Å². The Morgan fingerprint density at radius 3 is 2.00 bits per heavy atom. The number of ether oxygens (including phenoxy) is 2. The lowest BCUT2D eigenvalue weighted by Crippen LogP contribution is -2.45. The zero-order valence-corrected chi connectivity index (χ0v) is 17.1. The molecule has 0 unspecified atom stereocenters. The van der Waals surface area contributed by atoms with Crippen molar-refractivity contribution in [3.63, 3.8) is 0 Å². The molecule has 4 rings (SSSR count). The van der Waals surface area contributed by atoms with Crippen molar-refractivity contribution in [2.24, 2.45) is 0 Å². The van der Waals surface area contributed by atoms with Crippen LogP contribution in [0.25, 0.3) is 5.69 Å². The van der Waals surface area contributed by atoms with Crippen molar-refractivity contribution in [1.82, 2.24) is 19.6 Å². The van der Waals surface area contributed by atoms with Gasteiger partial charge in [0, 0.05) is 51.7 Å². The van der Waals surface area contributed by atoms with E-state index in [1.165, 1.54) is 11.1 Å². The van der Waals surface area contributed by atoms with Crippen LogP contribution in [0.4, 0.5) is 0 Å². The summed E-state index contributed by atoms with van der Waals surface area (Å²) in [6.07, 6.45) is 3.77. The normalized spacial score (nSPS) is 15.4. The number of hydrogen-bond donors (Lipinski definition) is 0. The van der Waals surface area contributed by atoms with Gasteiger partial charge in [-0.25, -0.2) is 4.68 Å². The molecule has 152 valence electrons. The molecule has 0 amide bonds. The smallest absolute Gasteiger partial charge is 0.161 e. The highest BCUT2D eigenvalue weighted by atomic mass is 16.5. The lowest BCUT2D eigenvalue weighted by molar-refractivity contribution is 0.122. The van der Waals surface area contributed by atoms with Crippen molar-refractivity contribution in [3.8, 4) is 17.2 Å². The summed E-state index contributed by atoms with van der Waals surface area (Å²) in [5, 5.41) is 4.28. The molecule has 0 atom stereocenters. The third-order valence-corrected chi connectivity index (χ3v) is 5.43. The monoisotopic (exact) mass is 392 g/mol. The van der Waals surface area contributed by atoms with E-state index in [4.69, 9.17) is 9.47 Å². The van der Waals surface area contributed by atoms with Gasteiger partial charge in [-0.1, -0.05) is 18.2 Å². The molecule has 6 heteroatoms. The van der Waals surface area contributed by atoms with Crippen LogP contribution in [0.2, 0.25) is 0 Å². The average molecular weight is 393 g/mol. The van der Waals surface area contributed by atoms with Crippen LogP contribution in [0, 0.1) is 0 Å². The van der Waals surface area contributed by atoms with Gasteiger partial charge >= 0.3 is 0 Å². The number of methoxy groups -OCH3 is 2. The zero-order valence-electron chi connectivity index (χ0n) is 17.1. The van der Waals surface area contributed by atoms with E-state index in [0.717, 1.165) is 56.5 Å². The van der Waals surface area contributed by atoms with Crippen LogP contribution in [0.1, 0.15) is 11.1 Å². The second kappa shape index (κ2) is 9.11. The minimum Gasteiger partial charge on any atom is -0.493 e. The third kappa shape index (κ3) is 4.78. The lowest BCUT2D eigenvalue weighted by Gasteiger charge is -2.34. The molecule has 1 aromatic heterocycles. The summed E-state index contributed by atoms with van der Waals surface area (Å²) in [6.45, 7) is 6.22. The lowest BCUT2D eigenvalue weighted by atomic mass is 10.1. The first-order chi connectivity index (χ1) is 14.2. The van der Waals surface area contributed by atoms with Gasteiger partial charge in [0.25, 0.3) is 0 Å². The van der Waals surface area contributed by atoms with Gasteiger partial charge in [-0.15, -0.1) is 0 Å². The molecule has 1 aliphatic rings. The highest BCUT2D eigenvalue weighted by Gasteiger charge is 2.18. The van der Waals surface area contributed by atoms with Crippen LogP contribution in [0.3, 0.4) is 0 Å². The fraction of sp³-hybridized carbons (Fsp3) is 0.348. The molecule has 0 radical (unpaired) electrons. The van der Waals surface area contributed by atoms with Gasteiger partial charge in [-0.05, 0) is 41.5 Å². The Balaban J connectivity index is 1.28. The summed E-state index contributed by atoms with van der Waals surface area (Å²) >= 11 is 0. The molecule has 0 N–H and O–H groups in total. The molecule has 6 nitrogen and oxygen atoms in total. The highest BCUT2D eigenvalue weighted by molar-refractivity contribution is 5.42. The van der Waals surface area contributed by atoms with E-state index in [0.29, 0.717) is 0 Å². The molecule has 3 aromatic rings. The first-order valence-electron chi connectivity index (χ1n) is 10.00. The molecule has 29 heavy (non-hydrogen) atoms. The topological polar surface area (TPSA) is 42.8 Å². The average Bonchev–Trinajstić information content (AvgIpc) is 3.30. The summed E-state index contributed by atoms with van der Waals surface area (Å²) in [4.78, 5) is 5.02. The molecular weight excluding hydrogens is 364 g/mol. The van der Waals surface area contributed by atoms with Crippen molar-refractivity contribution in [2.75, 3.05) is 40.4 Å². The number of aromatic nitrogens is 2. The SMILES string of the molecule is COc1ccc(CN2CCN(Cc3ccc(-n4cccn4)cc3)CC2)cc1OC. The Labute approximate surface area is 172 Å². The summed E-state index contributed by atoms with van der Waals surface area (Å²) in [5.74, 6) is 1.57. The Morgan fingerprint density at radius 1 is 0.793 bits per heavy atom. The van der Waals surface area contributed by atoms with Crippen LogP contribution >= 0.6 is 0 Å².